The zero-order valence-electron chi connectivity index (χ0n) is 11.1. The van der Waals surface area contributed by atoms with Crippen LogP contribution in [0.4, 0.5) is 14.5 Å². The summed E-state index contributed by atoms with van der Waals surface area (Å²) >= 11 is 1.14. The Kier molecular flexibility index (Phi) is 3.80. The molecule has 0 saturated heterocycles. The summed E-state index contributed by atoms with van der Waals surface area (Å²) in [6.45, 7) is 0. The first-order valence-corrected chi connectivity index (χ1v) is 7.47. The molecule has 0 spiro atoms. The number of benzene rings is 3. The second-order valence-corrected chi connectivity index (χ2v) is 5.73. The number of halogens is 2. The van der Waals surface area contributed by atoms with Crippen molar-refractivity contribution in [3.8, 4) is 0 Å². The normalized spacial score (nSPS) is 11.0. The number of anilines is 1. The van der Waals surface area contributed by atoms with Crippen molar-refractivity contribution >= 4 is 28.2 Å². The van der Waals surface area contributed by atoms with Gasteiger partial charge in [0.05, 0.1) is 4.90 Å². The average molecular weight is 301 g/mol. The summed E-state index contributed by atoms with van der Waals surface area (Å²) < 4.78 is 27.6. The summed E-state index contributed by atoms with van der Waals surface area (Å²) in [5, 5.41) is 2.22. The third kappa shape index (κ3) is 2.85. The summed E-state index contributed by atoms with van der Waals surface area (Å²) in [5.41, 5.74) is 6.57. The van der Waals surface area contributed by atoms with Gasteiger partial charge in [-0.2, -0.15) is 0 Å². The molecule has 0 aliphatic rings. The predicted octanol–water partition coefficient (Wildman–Crippen LogP) is 4.99. The molecule has 0 atom stereocenters. The van der Waals surface area contributed by atoms with Crippen LogP contribution in [0.25, 0.3) is 10.8 Å². The van der Waals surface area contributed by atoms with E-state index < -0.39 is 11.6 Å². The Labute approximate surface area is 125 Å². The highest BCUT2D eigenvalue weighted by atomic mass is 32.2. The molecule has 2 N–H and O–H groups in total. The van der Waals surface area contributed by atoms with Crippen molar-refractivity contribution in [2.75, 3.05) is 5.73 Å². The zero-order chi connectivity index (χ0) is 14.8. The van der Waals surface area contributed by atoms with Gasteiger partial charge in [-0.05, 0) is 28.5 Å². The second kappa shape index (κ2) is 5.74. The summed E-state index contributed by atoms with van der Waals surface area (Å²) in [6.07, 6.45) is 0. The highest BCUT2D eigenvalue weighted by molar-refractivity contribution is 7.98. The van der Waals surface area contributed by atoms with Crippen molar-refractivity contribution in [2.24, 2.45) is 0 Å². The topological polar surface area (TPSA) is 26.0 Å². The Morgan fingerprint density at radius 1 is 0.905 bits per heavy atom. The largest absolute Gasteiger partial charge is 0.399 e. The third-order valence-corrected chi connectivity index (χ3v) is 4.41. The van der Waals surface area contributed by atoms with E-state index in [1.54, 1.807) is 0 Å². The fraction of sp³-hybridized carbons (Fsp3) is 0.0588. The number of fused-ring (bicyclic) bond motifs is 1. The van der Waals surface area contributed by atoms with Crippen LogP contribution in [0, 0.1) is 11.6 Å². The molecule has 1 nitrogen and oxygen atoms in total. The predicted molar refractivity (Wildman–Crippen MR) is 84.3 cm³/mol. The van der Waals surface area contributed by atoms with Crippen molar-refractivity contribution < 1.29 is 8.78 Å². The van der Waals surface area contributed by atoms with Crippen LogP contribution in [-0.2, 0) is 5.75 Å². The van der Waals surface area contributed by atoms with Crippen molar-refractivity contribution in [1.82, 2.24) is 0 Å². The zero-order valence-corrected chi connectivity index (χ0v) is 12.0. The lowest BCUT2D eigenvalue weighted by Gasteiger charge is -2.08. The van der Waals surface area contributed by atoms with E-state index in [0.717, 1.165) is 40.2 Å². The van der Waals surface area contributed by atoms with Gasteiger partial charge in [-0.15, -0.1) is 11.8 Å². The molecule has 0 saturated carbocycles. The van der Waals surface area contributed by atoms with Crippen molar-refractivity contribution in [2.45, 2.75) is 10.6 Å². The average Bonchev–Trinajstić information content (AvgIpc) is 2.46. The Morgan fingerprint density at radius 2 is 1.57 bits per heavy atom. The van der Waals surface area contributed by atoms with Gasteiger partial charge in [-0.1, -0.05) is 42.5 Å². The number of nitrogens with two attached hydrogens (primary N) is 1. The molecule has 3 aromatic carbocycles. The van der Waals surface area contributed by atoms with Gasteiger partial charge in [-0.25, -0.2) is 8.78 Å². The maximum Gasteiger partial charge on any atom is 0.141 e. The van der Waals surface area contributed by atoms with E-state index in [-0.39, 0.29) is 10.6 Å². The van der Waals surface area contributed by atoms with E-state index in [2.05, 4.69) is 0 Å². The van der Waals surface area contributed by atoms with Crippen LogP contribution < -0.4 is 5.73 Å². The number of nitrogen functional groups attached to an aromatic ring is 1. The molecular weight excluding hydrogens is 288 g/mol. The molecule has 0 aromatic heterocycles. The minimum absolute atomic E-state index is 0.0112. The molecule has 0 amide bonds. The van der Waals surface area contributed by atoms with E-state index in [9.17, 15) is 8.78 Å². The molecule has 0 radical (unpaired) electrons. The first kappa shape index (κ1) is 13.9. The molecule has 3 rings (SSSR count). The number of hydrogen-bond acceptors (Lipinski definition) is 2. The summed E-state index contributed by atoms with van der Waals surface area (Å²) in [6, 6.07) is 16.2. The summed E-state index contributed by atoms with van der Waals surface area (Å²) in [7, 11) is 0. The standard InChI is InChI=1S/C17H13F2NS/c18-15-8-13(20)9-16(19)17(15)21-10-12-6-3-5-11-4-1-2-7-14(11)12/h1-9H,10,20H2. The minimum atomic E-state index is -0.613. The first-order valence-electron chi connectivity index (χ1n) is 6.49. The van der Waals surface area contributed by atoms with Crippen LogP contribution in [-0.4, -0.2) is 0 Å². The number of hydrogen-bond donors (Lipinski definition) is 1. The molecule has 21 heavy (non-hydrogen) atoms. The fourth-order valence-electron chi connectivity index (χ4n) is 2.29. The maximum atomic E-state index is 13.8. The van der Waals surface area contributed by atoms with Gasteiger partial charge in [-0.3, -0.25) is 0 Å². The van der Waals surface area contributed by atoms with E-state index in [1.807, 2.05) is 42.5 Å². The fourth-order valence-corrected chi connectivity index (χ4v) is 3.23. The lowest BCUT2D eigenvalue weighted by Crippen LogP contribution is -1.94. The molecule has 106 valence electrons. The van der Waals surface area contributed by atoms with Crippen LogP contribution >= 0.6 is 11.8 Å². The molecule has 0 fully saturated rings. The van der Waals surface area contributed by atoms with E-state index in [4.69, 9.17) is 5.73 Å². The quantitative estimate of drug-likeness (QED) is 0.544. The molecule has 4 heteroatoms. The number of thioether (sulfide) groups is 1. The van der Waals surface area contributed by atoms with Gasteiger partial charge >= 0.3 is 0 Å². The smallest absolute Gasteiger partial charge is 0.141 e. The molecular formula is C17H13F2NS. The van der Waals surface area contributed by atoms with Gasteiger partial charge in [0.25, 0.3) is 0 Å². The van der Waals surface area contributed by atoms with E-state index in [0.29, 0.717) is 5.75 Å². The lowest BCUT2D eigenvalue weighted by atomic mass is 10.1. The SMILES string of the molecule is Nc1cc(F)c(SCc2cccc3ccccc23)c(F)c1. The second-order valence-electron chi connectivity index (χ2n) is 4.74. The molecule has 0 unspecified atom stereocenters. The van der Waals surface area contributed by atoms with Gasteiger partial charge in [0.15, 0.2) is 0 Å². The van der Waals surface area contributed by atoms with E-state index in [1.165, 1.54) is 0 Å². The summed E-state index contributed by atoms with van der Waals surface area (Å²) in [5.74, 6) is -0.727. The molecule has 0 aliphatic carbocycles. The van der Waals surface area contributed by atoms with Crippen LogP contribution in [0.15, 0.2) is 59.5 Å². The Hall–Kier alpha value is -2.07. The van der Waals surface area contributed by atoms with Crippen LogP contribution in [0.5, 0.6) is 0 Å². The van der Waals surface area contributed by atoms with Crippen molar-refractivity contribution in [3.63, 3.8) is 0 Å². The Bertz CT molecular complexity index is 773. The lowest BCUT2D eigenvalue weighted by molar-refractivity contribution is 0.542. The summed E-state index contributed by atoms with van der Waals surface area (Å²) in [4.78, 5) is 0.0112. The van der Waals surface area contributed by atoms with Crippen LogP contribution in [0.3, 0.4) is 0 Å². The molecule has 3 aromatic rings. The maximum absolute atomic E-state index is 13.8. The van der Waals surface area contributed by atoms with E-state index >= 15 is 0 Å². The van der Waals surface area contributed by atoms with Crippen molar-refractivity contribution in [1.29, 1.82) is 0 Å². The van der Waals surface area contributed by atoms with Gasteiger partial charge in [0.2, 0.25) is 0 Å². The van der Waals surface area contributed by atoms with Crippen LogP contribution in [0.1, 0.15) is 5.56 Å². The van der Waals surface area contributed by atoms with Crippen LogP contribution in [0.2, 0.25) is 0 Å². The van der Waals surface area contributed by atoms with Gasteiger partial charge < -0.3 is 5.73 Å². The number of rotatable bonds is 3. The minimum Gasteiger partial charge on any atom is -0.399 e. The van der Waals surface area contributed by atoms with Gasteiger partial charge in [0, 0.05) is 11.4 Å². The molecule has 0 aliphatic heterocycles. The molecule has 0 heterocycles. The molecule has 0 bridgehead atoms. The highest BCUT2D eigenvalue weighted by Crippen LogP contribution is 2.31. The highest BCUT2D eigenvalue weighted by Gasteiger charge is 2.11. The first-order chi connectivity index (χ1) is 10.1. The Balaban J connectivity index is 1.91. The Morgan fingerprint density at radius 3 is 2.33 bits per heavy atom. The third-order valence-electron chi connectivity index (χ3n) is 3.27. The van der Waals surface area contributed by atoms with Gasteiger partial charge in [0.1, 0.15) is 11.6 Å². The van der Waals surface area contributed by atoms with Crippen molar-refractivity contribution in [3.05, 3.63) is 71.8 Å². The monoisotopic (exact) mass is 301 g/mol.